The molecule has 0 saturated carbocycles. The van der Waals surface area contributed by atoms with Crippen molar-refractivity contribution in [3.05, 3.63) is 19.0 Å². The molecule has 0 heterocycles. The summed E-state index contributed by atoms with van der Waals surface area (Å²) in [7, 11) is 0. The van der Waals surface area contributed by atoms with Crippen LogP contribution in [-0.4, -0.2) is 11.6 Å². The summed E-state index contributed by atoms with van der Waals surface area (Å²) in [4.78, 5) is 23.3. The minimum Gasteiger partial charge on any atom is -0.288 e. The highest BCUT2D eigenvalue weighted by atomic mass is 79.9. The maximum absolute atomic E-state index is 11.7. The third kappa shape index (κ3) is 2.09. The number of halogens is 3. The number of hydrogen-bond donors (Lipinski definition) is 0. The van der Waals surface area contributed by atoms with Gasteiger partial charge in [-0.1, -0.05) is 13.3 Å². The first kappa shape index (κ1) is 12.3. The second-order valence-corrected chi connectivity index (χ2v) is 5.21. The number of Topliss-reactive ketones (excluding diaryl/α,β-unsaturated/α-hetero) is 2. The third-order valence-electron chi connectivity index (χ3n) is 1.83. The van der Waals surface area contributed by atoms with Crippen molar-refractivity contribution in [1.29, 1.82) is 0 Å². The van der Waals surface area contributed by atoms with Gasteiger partial charge in [-0.25, -0.2) is 0 Å². The normalized spacial score (nSPS) is 18.3. The number of carbonyl (C=O) groups excluding carboxylic acids is 2. The molecule has 5 heteroatoms. The van der Waals surface area contributed by atoms with Crippen molar-refractivity contribution >= 4 is 59.4 Å². The van der Waals surface area contributed by atoms with Crippen molar-refractivity contribution in [3.8, 4) is 0 Å². The molecule has 0 N–H and O–H groups in total. The minimum absolute atomic E-state index is 0.120. The van der Waals surface area contributed by atoms with Gasteiger partial charge in [0.2, 0.25) is 5.78 Å². The van der Waals surface area contributed by atoms with E-state index in [1.54, 1.807) is 0 Å². The van der Waals surface area contributed by atoms with Crippen LogP contribution in [0.25, 0.3) is 0 Å². The van der Waals surface area contributed by atoms with E-state index in [1.165, 1.54) is 0 Å². The highest BCUT2D eigenvalue weighted by molar-refractivity contribution is 9.15. The summed E-state index contributed by atoms with van der Waals surface area (Å²) in [6, 6.07) is 0. The zero-order valence-corrected chi connectivity index (χ0v) is 12.1. The van der Waals surface area contributed by atoms with E-state index < -0.39 is 0 Å². The van der Waals surface area contributed by atoms with Gasteiger partial charge in [0.05, 0.1) is 13.4 Å². The molecular weight excluding hydrogens is 380 g/mol. The van der Waals surface area contributed by atoms with Gasteiger partial charge in [-0.15, -0.1) is 0 Å². The molecule has 14 heavy (non-hydrogen) atoms. The van der Waals surface area contributed by atoms with Crippen LogP contribution >= 0.6 is 47.8 Å². The maximum atomic E-state index is 11.7. The highest BCUT2D eigenvalue weighted by Gasteiger charge is 2.30. The summed E-state index contributed by atoms with van der Waals surface area (Å²) in [5.41, 5.74) is 0.549. The topological polar surface area (TPSA) is 34.1 Å². The summed E-state index contributed by atoms with van der Waals surface area (Å²) in [5, 5.41) is 0. The Morgan fingerprint density at radius 1 is 0.929 bits per heavy atom. The van der Waals surface area contributed by atoms with Crippen molar-refractivity contribution in [2.24, 2.45) is 0 Å². The molecule has 0 unspecified atom stereocenters. The number of ketones is 2. The fourth-order valence-corrected chi connectivity index (χ4v) is 2.78. The third-order valence-corrected chi connectivity index (χ3v) is 4.71. The van der Waals surface area contributed by atoms with Gasteiger partial charge in [0, 0.05) is 5.57 Å². The molecule has 1 rings (SSSR count). The van der Waals surface area contributed by atoms with Crippen LogP contribution in [0.4, 0.5) is 0 Å². The first-order valence-corrected chi connectivity index (χ1v) is 6.41. The van der Waals surface area contributed by atoms with Crippen LogP contribution in [-0.2, 0) is 9.59 Å². The van der Waals surface area contributed by atoms with Crippen LogP contribution in [0.3, 0.4) is 0 Å². The molecule has 0 bridgehead atoms. The van der Waals surface area contributed by atoms with Gasteiger partial charge in [0.1, 0.15) is 0 Å². The quantitative estimate of drug-likeness (QED) is 0.680. The number of allylic oxidation sites excluding steroid dienone is 4. The Morgan fingerprint density at radius 3 is 1.93 bits per heavy atom. The van der Waals surface area contributed by atoms with E-state index in [-0.39, 0.29) is 16.0 Å². The second kappa shape index (κ2) is 4.86. The molecule has 1 aliphatic rings. The smallest absolute Gasteiger partial charge is 0.208 e. The molecule has 2 nitrogen and oxygen atoms in total. The number of carbonyl (C=O) groups is 2. The summed E-state index contributed by atoms with van der Waals surface area (Å²) in [5.74, 6) is -0.301. The molecule has 0 aromatic heterocycles. The van der Waals surface area contributed by atoms with Crippen LogP contribution < -0.4 is 0 Å². The minimum atomic E-state index is -0.181. The molecule has 0 atom stereocenters. The average Bonchev–Trinajstić information content (AvgIpc) is 2.19. The molecule has 0 aromatic carbocycles. The van der Waals surface area contributed by atoms with Crippen LogP contribution in [0.15, 0.2) is 19.0 Å². The Kier molecular flexibility index (Phi) is 4.28. The van der Waals surface area contributed by atoms with Gasteiger partial charge in [-0.3, -0.25) is 9.59 Å². The lowest BCUT2D eigenvalue weighted by Crippen LogP contribution is -2.17. The molecule has 1 aliphatic carbocycles. The molecular formula is C9H7Br3O2. The zero-order valence-electron chi connectivity index (χ0n) is 7.36. The lowest BCUT2D eigenvalue weighted by atomic mass is 9.99. The second-order valence-electron chi connectivity index (χ2n) is 2.83. The standard InChI is InChI=1S/C9H7Br3O2/c1-2-3-4-5(10)9(14)7(12)6(11)8(4)13/h2-3H2,1H3. The fourth-order valence-electron chi connectivity index (χ4n) is 1.14. The lowest BCUT2D eigenvalue weighted by molar-refractivity contribution is -0.115. The first-order valence-electron chi connectivity index (χ1n) is 4.04. The van der Waals surface area contributed by atoms with Gasteiger partial charge in [0.25, 0.3) is 0 Å². The maximum Gasteiger partial charge on any atom is 0.208 e. The molecule has 0 amide bonds. The molecule has 0 spiro atoms. The van der Waals surface area contributed by atoms with Gasteiger partial charge < -0.3 is 0 Å². The van der Waals surface area contributed by atoms with Gasteiger partial charge in [-0.2, -0.15) is 0 Å². The van der Waals surface area contributed by atoms with Crippen molar-refractivity contribution in [2.45, 2.75) is 19.8 Å². The fraction of sp³-hybridized carbons (Fsp3) is 0.333. The average molecular weight is 387 g/mol. The Bertz CT molecular complexity index is 366. The van der Waals surface area contributed by atoms with Crippen molar-refractivity contribution in [1.82, 2.24) is 0 Å². The van der Waals surface area contributed by atoms with Crippen LogP contribution in [0.2, 0.25) is 0 Å². The summed E-state index contributed by atoms with van der Waals surface area (Å²) < 4.78 is 0.975. The largest absolute Gasteiger partial charge is 0.288 e. The predicted molar refractivity (Wildman–Crippen MR) is 65.8 cm³/mol. The predicted octanol–water partition coefficient (Wildman–Crippen LogP) is 3.59. The van der Waals surface area contributed by atoms with E-state index in [0.717, 1.165) is 6.42 Å². The monoisotopic (exact) mass is 384 g/mol. The number of hydrogen-bond acceptors (Lipinski definition) is 2. The summed E-state index contributed by atoms with van der Waals surface area (Å²) >= 11 is 9.34. The van der Waals surface area contributed by atoms with Gasteiger partial charge in [0.15, 0.2) is 5.78 Å². The highest BCUT2D eigenvalue weighted by Crippen LogP contribution is 2.35. The number of rotatable bonds is 2. The van der Waals surface area contributed by atoms with E-state index in [4.69, 9.17) is 0 Å². The SMILES string of the molecule is CCCC1=C(Br)C(=O)C(Br)=C(Br)C1=O. The van der Waals surface area contributed by atoms with E-state index in [1.807, 2.05) is 6.92 Å². The van der Waals surface area contributed by atoms with Crippen LogP contribution in [0.1, 0.15) is 19.8 Å². The van der Waals surface area contributed by atoms with Gasteiger partial charge >= 0.3 is 0 Å². The van der Waals surface area contributed by atoms with Crippen LogP contribution in [0.5, 0.6) is 0 Å². The molecule has 0 saturated heterocycles. The van der Waals surface area contributed by atoms with E-state index in [2.05, 4.69) is 47.8 Å². The van der Waals surface area contributed by atoms with E-state index in [9.17, 15) is 9.59 Å². The molecule has 76 valence electrons. The summed E-state index contributed by atoms with van der Waals surface area (Å²) in [6.45, 7) is 1.96. The first-order chi connectivity index (χ1) is 6.50. The molecule has 0 aliphatic heterocycles. The Balaban J connectivity index is 3.19. The van der Waals surface area contributed by atoms with Gasteiger partial charge in [-0.05, 0) is 54.2 Å². The van der Waals surface area contributed by atoms with Crippen LogP contribution in [0, 0.1) is 0 Å². The Labute approximate surface area is 107 Å². The molecule has 0 aromatic rings. The van der Waals surface area contributed by atoms with Crippen molar-refractivity contribution < 1.29 is 9.59 Å². The Morgan fingerprint density at radius 2 is 1.43 bits per heavy atom. The molecule has 0 fully saturated rings. The lowest BCUT2D eigenvalue weighted by Gasteiger charge is -2.14. The van der Waals surface area contributed by atoms with E-state index >= 15 is 0 Å². The Hall–Kier alpha value is 0.260. The summed E-state index contributed by atoms with van der Waals surface area (Å²) in [6.07, 6.45) is 1.45. The zero-order chi connectivity index (χ0) is 10.9. The van der Waals surface area contributed by atoms with E-state index in [0.29, 0.717) is 21.0 Å². The molecule has 0 radical (unpaired) electrons. The van der Waals surface area contributed by atoms with Crippen molar-refractivity contribution in [3.63, 3.8) is 0 Å². The van der Waals surface area contributed by atoms with Crippen molar-refractivity contribution in [2.75, 3.05) is 0 Å².